The van der Waals surface area contributed by atoms with Gasteiger partial charge in [-0.2, -0.15) is 0 Å². The number of ether oxygens (including phenoxy) is 2. The maximum Gasteiger partial charge on any atom is 0.223 e. The number of fused-ring (bicyclic) bond motifs is 1. The summed E-state index contributed by atoms with van der Waals surface area (Å²) in [5.74, 6) is 1.63. The van der Waals surface area contributed by atoms with E-state index in [-0.39, 0.29) is 30.6 Å². The van der Waals surface area contributed by atoms with Gasteiger partial charge in [0.05, 0.1) is 24.1 Å². The summed E-state index contributed by atoms with van der Waals surface area (Å²) in [5.41, 5.74) is 1.08. The Bertz CT molecular complexity index is 818. The lowest BCUT2D eigenvalue weighted by atomic mass is 10.0. The van der Waals surface area contributed by atoms with Crippen molar-refractivity contribution in [2.24, 2.45) is 0 Å². The zero-order chi connectivity index (χ0) is 18.6. The summed E-state index contributed by atoms with van der Waals surface area (Å²) in [5, 5.41) is 1.88. The molecule has 27 heavy (non-hydrogen) atoms. The second-order valence-electron chi connectivity index (χ2n) is 6.90. The summed E-state index contributed by atoms with van der Waals surface area (Å²) in [4.78, 5) is 27.6. The number of carbonyl (C=O) groups excluding carboxylic acids is 2. The van der Waals surface area contributed by atoms with Crippen LogP contribution < -0.4 is 9.47 Å². The molecule has 1 saturated heterocycles. The van der Waals surface area contributed by atoms with Crippen molar-refractivity contribution in [3.05, 3.63) is 46.2 Å². The van der Waals surface area contributed by atoms with Gasteiger partial charge in [-0.05, 0) is 42.0 Å². The molecule has 1 fully saturated rings. The largest absolute Gasteiger partial charge is 0.490 e. The van der Waals surface area contributed by atoms with E-state index < -0.39 is 0 Å². The molecule has 0 saturated carbocycles. The average Bonchev–Trinajstić information content (AvgIpc) is 3.34. The minimum Gasteiger partial charge on any atom is -0.490 e. The van der Waals surface area contributed by atoms with E-state index in [0.717, 1.165) is 47.7 Å². The van der Waals surface area contributed by atoms with Crippen molar-refractivity contribution >= 4 is 23.0 Å². The molecule has 1 aromatic heterocycles. The zero-order valence-electron chi connectivity index (χ0n) is 15.2. The molecule has 2 aliphatic rings. The van der Waals surface area contributed by atoms with Gasteiger partial charge >= 0.3 is 0 Å². The number of amides is 1. The fourth-order valence-corrected chi connectivity index (χ4v) is 4.42. The summed E-state index contributed by atoms with van der Waals surface area (Å²) in [6.45, 7) is 2.05. The molecule has 1 unspecified atom stereocenters. The molecule has 4 rings (SSSR count). The lowest BCUT2D eigenvalue weighted by Crippen LogP contribution is -2.30. The number of Topliss-reactive ketones (excluding diaryl/α,β-unsaturated/α-hetero) is 1. The van der Waals surface area contributed by atoms with Crippen LogP contribution in [0.3, 0.4) is 0 Å². The fraction of sp³-hybridized carbons (Fsp3) is 0.429. The van der Waals surface area contributed by atoms with Gasteiger partial charge in [-0.3, -0.25) is 9.59 Å². The van der Waals surface area contributed by atoms with Crippen LogP contribution in [0.25, 0.3) is 0 Å². The van der Waals surface area contributed by atoms with E-state index in [2.05, 4.69) is 0 Å². The number of carbonyl (C=O) groups is 2. The molecule has 2 aliphatic heterocycles. The van der Waals surface area contributed by atoms with Crippen molar-refractivity contribution in [2.75, 3.05) is 19.8 Å². The average molecular weight is 385 g/mol. The van der Waals surface area contributed by atoms with Crippen LogP contribution in [0, 0.1) is 0 Å². The molecule has 0 bridgehead atoms. The Morgan fingerprint density at radius 1 is 1.07 bits per heavy atom. The van der Waals surface area contributed by atoms with Crippen molar-refractivity contribution in [2.45, 2.75) is 38.1 Å². The van der Waals surface area contributed by atoms with Gasteiger partial charge in [-0.15, -0.1) is 11.3 Å². The highest BCUT2D eigenvalue weighted by molar-refractivity contribution is 7.12. The number of benzene rings is 1. The SMILES string of the molecule is O=C(CCC(=O)N1CCCC1c1ccc2c(c1)OCCCO2)c1cccs1. The van der Waals surface area contributed by atoms with Gasteiger partial charge in [0.2, 0.25) is 5.91 Å². The Kier molecular flexibility index (Phi) is 5.43. The van der Waals surface area contributed by atoms with E-state index in [0.29, 0.717) is 13.2 Å². The molecule has 142 valence electrons. The van der Waals surface area contributed by atoms with Gasteiger partial charge in [0, 0.05) is 25.8 Å². The third kappa shape index (κ3) is 4.00. The summed E-state index contributed by atoms with van der Waals surface area (Å²) < 4.78 is 11.5. The Morgan fingerprint density at radius 3 is 2.74 bits per heavy atom. The molecule has 0 N–H and O–H groups in total. The fourth-order valence-electron chi connectivity index (χ4n) is 3.72. The normalized spacial score (nSPS) is 19.0. The van der Waals surface area contributed by atoms with Crippen LogP contribution in [0.2, 0.25) is 0 Å². The van der Waals surface area contributed by atoms with Crippen molar-refractivity contribution < 1.29 is 19.1 Å². The predicted molar refractivity (Wildman–Crippen MR) is 104 cm³/mol. The number of rotatable bonds is 5. The molecule has 5 nitrogen and oxygen atoms in total. The summed E-state index contributed by atoms with van der Waals surface area (Å²) in [6.07, 6.45) is 3.31. The second kappa shape index (κ2) is 8.13. The number of likely N-dealkylation sites (tertiary alicyclic amines) is 1. The molecule has 0 aliphatic carbocycles. The molecular formula is C21H23NO4S. The van der Waals surface area contributed by atoms with Crippen molar-refractivity contribution in [1.29, 1.82) is 0 Å². The third-order valence-corrected chi connectivity index (χ3v) is 6.00. The molecule has 1 atom stereocenters. The lowest BCUT2D eigenvalue weighted by molar-refractivity contribution is -0.132. The molecular weight excluding hydrogens is 362 g/mol. The minimum absolute atomic E-state index is 0.0460. The molecule has 0 spiro atoms. The maximum absolute atomic E-state index is 12.8. The lowest BCUT2D eigenvalue weighted by Gasteiger charge is -2.25. The first-order valence-corrected chi connectivity index (χ1v) is 10.4. The van der Waals surface area contributed by atoms with Crippen LogP contribution in [0.4, 0.5) is 0 Å². The van der Waals surface area contributed by atoms with E-state index in [9.17, 15) is 9.59 Å². The van der Waals surface area contributed by atoms with Crippen molar-refractivity contribution in [3.63, 3.8) is 0 Å². The van der Waals surface area contributed by atoms with Gasteiger partial charge in [-0.1, -0.05) is 12.1 Å². The number of ketones is 1. The standard InChI is InChI=1S/C21H23NO4S/c23-17(20-5-2-13-27-20)7-9-21(24)22-10-1-4-16(22)15-6-8-18-19(14-15)26-12-3-11-25-18/h2,5-6,8,13-14,16H,1,3-4,7,9-12H2. The van der Waals surface area contributed by atoms with Gasteiger partial charge in [0.25, 0.3) is 0 Å². The van der Waals surface area contributed by atoms with E-state index >= 15 is 0 Å². The first-order chi connectivity index (χ1) is 13.2. The van der Waals surface area contributed by atoms with Crippen molar-refractivity contribution in [3.8, 4) is 11.5 Å². The predicted octanol–water partition coefficient (Wildman–Crippen LogP) is 4.24. The van der Waals surface area contributed by atoms with Crippen LogP contribution in [-0.4, -0.2) is 36.3 Å². The van der Waals surface area contributed by atoms with Crippen LogP contribution in [-0.2, 0) is 4.79 Å². The molecule has 0 radical (unpaired) electrons. The van der Waals surface area contributed by atoms with E-state index in [1.807, 2.05) is 40.6 Å². The van der Waals surface area contributed by atoms with Gasteiger partial charge in [-0.25, -0.2) is 0 Å². The Morgan fingerprint density at radius 2 is 1.93 bits per heavy atom. The number of hydrogen-bond acceptors (Lipinski definition) is 5. The second-order valence-corrected chi connectivity index (χ2v) is 7.85. The van der Waals surface area contributed by atoms with Crippen LogP contribution in [0.15, 0.2) is 35.7 Å². The minimum atomic E-state index is 0.0460. The van der Waals surface area contributed by atoms with Crippen molar-refractivity contribution in [1.82, 2.24) is 4.90 Å². The zero-order valence-corrected chi connectivity index (χ0v) is 16.0. The van der Waals surface area contributed by atoms with Crippen LogP contribution in [0.1, 0.15) is 53.4 Å². The first kappa shape index (κ1) is 18.0. The van der Waals surface area contributed by atoms with Gasteiger partial charge in [0.15, 0.2) is 17.3 Å². The summed E-state index contributed by atoms with van der Waals surface area (Å²) >= 11 is 1.43. The summed E-state index contributed by atoms with van der Waals surface area (Å²) in [7, 11) is 0. The maximum atomic E-state index is 12.8. The van der Waals surface area contributed by atoms with E-state index in [1.54, 1.807) is 0 Å². The topological polar surface area (TPSA) is 55.8 Å². The Balaban J connectivity index is 1.43. The quantitative estimate of drug-likeness (QED) is 0.723. The number of hydrogen-bond donors (Lipinski definition) is 0. The smallest absolute Gasteiger partial charge is 0.223 e. The van der Waals surface area contributed by atoms with Crippen LogP contribution in [0.5, 0.6) is 11.5 Å². The van der Waals surface area contributed by atoms with Gasteiger partial charge < -0.3 is 14.4 Å². The Labute approximate surface area is 162 Å². The van der Waals surface area contributed by atoms with E-state index in [1.165, 1.54) is 11.3 Å². The first-order valence-electron chi connectivity index (χ1n) is 9.48. The van der Waals surface area contributed by atoms with E-state index in [4.69, 9.17) is 9.47 Å². The molecule has 3 heterocycles. The number of nitrogens with zero attached hydrogens (tertiary/aromatic N) is 1. The summed E-state index contributed by atoms with van der Waals surface area (Å²) in [6, 6.07) is 9.70. The monoisotopic (exact) mass is 385 g/mol. The number of thiophene rings is 1. The molecule has 2 aromatic rings. The highest BCUT2D eigenvalue weighted by atomic mass is 32.1. The third-order valence-electron chi connectivity index (χ3n) is 5.09. The highest BCUT2D eigenvalue weighted by Crippen LogP contribution is 2.38. The van der Waals surface area contributed by atoms with Crippen LogP contribution >= 0.6 is 11.3 Å². The highest BCUT2D eigenvalue weighted by Gasteiger charge is 2.30. The van der Waals surface area contributed by atoms with Gasteiger partial charge in [0.1, 0.15) is 0 Å². The Hall–Kier alpha value is -2.34. The molecule has 1 amide bonds. The molecule has 6 heteroatoms. The molecule has 1 aromatic carbocycles.